The van der Waals surface area contributed by atoms with Gasteiger partial charge in [-0.1, -0.05) is 32.1 Å². The lowest BCUT2D eigenvalue weighted by Crippen LogP contribution is -2.50. The van der Waals surface area contributed by atoms with Crippen LogP contribution in [-0.4, -0.2) is 28.7 Å². The van der Waals surface area contributed by atoms with Gasteiger partial charge in [0.05, 0.1) is 12.2 Å². The van der Waals surface area contributed by atoms with E-state index in [0.717, 1.165) is 5.57 Å². The van der Waals surface area contributed by atoms with Crippen LogP contribution in [0.15, 0.2) is 24.8 Å². The number of allylic oxidation sites excluding steroid dienone is 1. The monoisotopic (exact) mass is 252 g/mol. The highest BCUT2D eigenvalue weighted by Gasteiger charge is 2.56. The Morgan fingerprint density at radius 2 is 2.06 bits per heavy atom. The van der Waals surface area contributed by atoms with E-state index in [0.29, 0.717) is 6.42 Å². The van der Waals surface area contributed by atoms with Crippen molar-refractivity contribution in [2.45, 2.75) is 45.7 Å². The molecule has 18 heavy (non-hydrogen) atoms. The highest BCUT2D eigenvalue weighted by atomic mass is 16.6. The highest BCUT2D eigenvalue weighted by Crippen LogP contribution is 2.53. The summed E-state index contributed by atoms with van der Waals surface area (Å²) in [5.41, 5.74) is 0.802. The fraction of sp³-hybridized carbons (Fsp3) is 0.733. The van der Waals surface area contributed by atoms with Crippen LogP contribution in [-0.2, 0) is 4.74 Å². The second-order valence-electron chi connectivity index (χ2n) is 6.23. The van der Waals surface area contributed by atoms with Gasteiger partial charge in [-0.2, -0.15) is 0 Å². The fourth-order valence-electron chi connectivity index (χ4n) is 3.88. The van der Waals surface area contributed by atoms with Gasteiger partial charge in [-0.15, -0.1) is 6.58 Å². The zero-order valence-corrected chi connectivity index (χ0v) is 11.5. The standard InChI is InChI=1S/C15H24O3/c1-6-15(5)7-10(16)11-9(4)14(17)18-13(11)12(15)8(2)3/h6,9-14,16-17H,1-2,7H2,3-5H3/t9-,10-,11?,12-,13+,14?,15-/m0/s1. The summed E-state index contributed by atoms with van der Waals surface area (Å²) < 4.78 is 5.71. The molecule has 0 amide bonds. The van der Waals surface area contributed by atoms with E-state index < -0.39 is 12.4 Å². The largest absolute Gasteiger partial charge is 0.393 e. The van der Waals surface area contributed by atoms with Gasteiger partial charge in [0.1, 0.15) is 0 Å². The predicted octanol–water partition coefficient (Wildman–Crippen LogP) is 2.11. The van der Waals surface area contributed by atoms with Gasteiger partial charge in [0.25, 0.3) is 0 Å². The minimum absolute atomic E-state index is 0.0188. The maximum atomic E-state index is 10.4. The Kier molecular flexibility index (Phi) is 3.43. The van der Waals surface area contributed by atoms with E-state index in [1.807, 2.05) is 19.9 Å². The average Bonchev–Trinajstić information content (AvgIpc) is 2.54. The first-order chi connectivity index (χ1) is 8.31. The summed E-state index contributed by atoms with van der Waals surface area (Å²) in [6, 6.07) is 0. The Bertz CT molecular complexity index is 365. The molecule has 1 aliphatic heterocycles. The van der Waals surface area contributed by atoms with Crippen molar-refractivity contribution in [1.82, 2.24) is 0 Å². The molecule has 0 aromatic carbocycles. The third-order valence-corrected chi connectivity index (χ3v) is 4.86. The Hall–Kier alpha value is -0.640. The predicted molar refractivity (Wildman–Crippen MR) is 70.8 cm³/mol. The third-order valence-electron chi connectivity index (χ3n) is 4.86. The molecule has 3 heteroatoms. The molecular formula is C15H24O3. The molecule has 0 spiro atoms. The summed E-state index contributed by atoms with van der Waals surface area (Å²) in [5, 5.41) is 20.3. The first-order valence-corrected chi connectivity index (χ1v) is 6.62. The van der Waals surface area contributed by atoms with Gasteiger partial charge in [0.2, 0.25) is 0 Å². The second-order valence-corrected chi connectivity index (χ2v) is 6.23. The number of hydrogen-bond donors (Lipinski definition) is 2. The Labute approximate surface area is 109 Å². The van der Waals surface area contributed by atoms with E-state index in [-0.39, 0.29) is 29.3 Å². The van der Waals surface area contributed by atoms with Crippen molar-refractivity contribution < 1.29 is 14.9 Å². The molecular weight excluding hydrogens is 228 g/mol. The van der Waals surface area contributed by atoms with Gasteiger partial charge < -0.3 is 14.9 Å². The van der Waals surface area contributed by atoms with Crippen molar-refractivity contribution in [3.05, 3.63) is 24.8 Å². The number of rotatable bonds is 2. The van der Waals surface area contributed by atoms with Crippen molar-refractivity contribution >= 4 is 0 Å². The molecule has 1 saturated carbocycles. The van der Waals surface area contributed by atoms with Crippen LogP contribution in [0.1, 0.15) is 27.2 Å². The molecule has 2 aliphatic rings. The highest BCUT2D eigenvalue weighted by molar-refractivity contribution is 5.18. The molecule has 102 valence electrons. The summed E-state index contributed by atoms with van der Waals surface area (Å²) in [6.07, 6.45) is 1.13. The van der Waals surface area contributed by atoms with Crippen molar-refractivity contribution in [2.75, 3.05) is 0 Å². The molecule has 0 aromatic heterocycles. The molecule has 1 saturated heterocycles. The molecule has 2 N–H and O–H groups in total. The van der Waals surface area contributed by atoms with Gasteiger partial charge in [0, 0.05) is 17.8 Å². The molecule has 2 fully saturated rings. The number of aliphatic hydroxyl groups excluding tert-OH is 2. The number of fused-ring (bicyclic) bond motifs is 1. The molecule has 0 radical (unpaired) electrons. The SMILES string of the molecule is C=C[C@@]1(C)C[C@H](O)C2[C@H](C)C(O)O[C@H]2[C@@H]1C(=C)C. The lowest BCUT2D eigenvalue weighted by atomic mass is 9.58. The molecule has 3 nitrogen and oxygen atoms in total. The van der Waals surface area contributed by atoms with E-state index in [2.05, 4.69) is 20.1 Å². The molecule has 2 unspecified atom stereocenters. The van der Waals surface area contributed by atoms with E-state index in [1.54, 1.807) is 0 Å². The van der Waals surface area contributed by atoms with Crippen molar-refractivity contribution in [2.24, 2.45) is 23.2 Å². The first kappa shape index (κ1) is 13.8. The lowest BCUT2D eigenvalue weighted by molar-refractivity contribution is -0.136. The van der Waals surface area contributed by atoms with Crippen molar-refractivity contribution in [3.63, 3.8) is 0 Å². The van der Waals surface area contributed by atoms with E-state index in [4.69, 9.17) is 4.74 Å². The van der Waals surface area contributed by atoms with Crippen molar-refractivity contribution in [1.29, 1.82) is 0 Å². The van der Waals surface area contributed by atoms with Crippen LogP contribution in [0.4, 0.5) is 0 Å². The minimum atomic E-state index is -0.788. The van der Waals surface area contributed by atoms with Crippen LogP contribution in [0.2, 0.25) is 0 Å². The number of ether oxygens (including phenoxy) is 1. The van der Waals surface area contributed by atoms with E-state index >= 15 is 0 Å². The summed E-state index contributed by atoms with van der Waals surface area (Å²) >= 11 is 0. The summed E-state index contributed by atoms with van der Waals surface area (Å²) in [7, 11) is 0. The van der Waals surface area contributed by atoms with Gasteiger partial charge in [-0.25, -0.2) is 0 Å². The third kappa shape index (κ3) is 1.85. The van der Waals surface area contributed by atoms with Gasteiger partial charge in [-0.3, -0.25) is 0 Å². The van der Waals surface area contributed by atoms with Crippen LogP contribution in [0.5, 0.6) is 0 Å². The summed E-state index contributed by atoms with van der Waals surface area (Å²) in [5.74, 6) is 0.0407. The van der Waals surface area contributed by atoms with E-state index in [1.165, 1.54) is 0 Å². The molecule has 7 atom stereocenters. The maximum absolute atomic E-state index is 10.4. The summed E-state index contributed by atoms with van der Waals surface area (Å²) in [4.78, 5) is 0. The number of hydrogen-bond acceptors (Lipinski definition) is 3. The van der Waals surface area contributed by atoms with Crippen molar-refractivity contribution in [3.8, 4) is 0 Å². The van der Waals surface area contributed by atoms with Crippen LogP contribution in [0.3, 0.4) is 0 Å². The number of aliphatic hydroxyl groups is 2. The quantitative estimate of drug-likeness (QED) is 0.740. The Balaban J connectivity index is 2.41. The van der Waals surface area contributed by atoms with Gasteiger partial charge in [-0.05, 0) is 18.8 Å². The van der Waals surface area contributed by atoms with Crippen LogP contribution >= 0.6 is 0 Å². The smallest absolute Gasteiger partial charge is 0.157 e. The maximum Gasteiger partial charge on any atom is 0.157 e. The average molecular weight is 252 g/mol. The second kappa shape index (κ2) is 4.48. The lowest BCUT2D eigenvalue weighted by Gasteiger charge is -2.48. The van der Waals surface area contributed by atoms with Crippen LogP contribution < -0.4 is 0 Å². The van der Waals surface area contributed by atoms with Gasteiger partial charge in [0.15, 0.2) is 6.29 Å². The Morgan fingerprint density at radius 1 is 1.44 bits per heavy atom. The molecule has 2 rings (SSSR count). The first-order valence-electron chi connectivity index (χ1n) is 6.62. The van der Waals surface area contributed by atoms with Crippen LogP contribution in [0.25, 0.3) is 0 Å². The summed E-state index contributed by atoms with van der Waals surface area (Å²) in [6.45, 7) is 14.0. The van der Waals surface area contributed by atoms with Crippen LogP contribution in [0, 0.1) is 23.2 Å². The zero-order chi connectivity index (χ0) is 13.7. The van der Waals surface area contributed by atoms with E-state index in [9.17, 15) is 10.2 Å². The molecule has 0 aromatic rings. The fourth-order valence-corrected chi connectivity index (χ4v) is 3.88. The normalized spacial score (nSPS) is 51.8. The van der Waals surface area contributed by atoms with Gasteiger partial charge >= 0.3 is 0 Å². The molecule has 1 heterocycles. The molecule has 0 bridgehead atoms. The topological polar surface area (TPSA) is 49.7 Å². The Morgan fingerprint density at radius 3 is 2.56 bits per heavy atom. The zero-order valence-electron chi connectivity index (χ0n) is 11.5. The molecule has 1 aliphatic carbocycles. The minimum Gasteiger partial charge on any atom is -0.393 e.